The number of anilines is 1. The summed E-state index contributed by atoms with van der Waals surface area (Å²) in [7, 11) is 2.13. The van der Waals surface area contributed by atoms with E-state index >= 15 is 0 Å². The lowest BCUT2D eigenvalue weighted by Gasteiger charge is -2.34. The van der Waals surface area contributed by atoms with Crippen molar-refractivity contribution in [2.24, 2.45) is 0 Å². The molecule has 0 saturated carbocycles. The second-order valence-electron chi connectivity index (χ2n) is 9.40. The molecule has 0 bridgehead atoms. The summed E-state index contributed by atoms with van der Waals surface area (Å²) >= 11 is 0. The van der Waals surface area contributed by atoms with Crippen LogP contribution < -0.4 is 9.64 Å². The molecule has 1 N–H and O–H groups in total. The molecule has 0 aliphatic carbocycles. The Labute approximate surface area is 240 Å². The first kappa shape index (κ1) is 31.3. The summed E-state index contributed by atoms with van der Waals surface area (Å²) in [6, 6.07) is 13.6. The van der Waals surface area contributed by atoms with Gasteiger partial charge < -0.3 is 24.2 Å². The zero-order valence-electron chi connectivity index (χ0n) is 22.7. The van der Waals surface area contributed by atoms with Gasteiger partial charge in [-0.25, -0.2) is 14.5 Å². The van der Waals surface area contributed by atoms with Crippen LogP contribution in [0.5, 0.6) is 5.75 Å². The molecule has 43 heavy (non-hydrogen) atoms. The van der Waals surface area contributed by atoms with Gasteiger partial charge in [-0.1, -0.05) is 17.3 Å². The van der Waals surface area contributed by atoms with Crippen LogP contribution >= 0.6 is 0 Å². The molecule has 4 aromatic rings. The second kappa shape index (κ2) is 12.7. The minimum absolute atomic E-state index is 0.119. The van der Waals surface area contributed by atoms with Gasteiger partial charge in [-0.2, -0.15) is 18.2 Å². The lowest BCUT2D eigenvalue weighted by molar-refractivity contribution is -0.274. The van der Waals surface area contributed by atoms with Crippen molar-refractivity contribution in [3.8, 4) is 28.9 Å². The van der Waals surface area contributed by atoms with Gasteiger partial charge in [0, 0.05) is 37.4 Å². The maximum absolute atomic E-state index is 12.4. The number of likely N-dealkylation sites (N-methyl/N-ethyl adjacent to an activating group) is 1. The van der Waals surface area contributed by atoms with Crippen molar-refractivity contribution in [3.63, 3.8) is 0 Å². The van der Waals surface area contributed by atoms with Crippen LogP contribution in [-0.2, 0) is 11.3 Å². The molecule has 1 fully saturated rings. The maximum atomic E-state index is 12.4. The van der Waals surface area contributed by atoms with Gasteiger partial charge in [-0.15, -0.1) is 18.3 Å². The minimum Gasteiger partial charge on any atom is -0.475 e. The molecule has 0 unspecified atom stereocenters. The number of carboxylic acid groups (broad SMARTS) is 1. The molecule has 2 aromatic carbocycles. The molecule has 11 nitrogen and oxygen atoms in total. The van der Waals surface area contributed by atoms with E-state index in [0.29, 0.717) is 17.9 Å². The highest BCUT2D eigenvalue weighted by Crippen LogP contribution is 2.27. The first-order valence-electron chi connectivity index (χ1n) is 12.6. The summed E-state index contributed by atoms with van der Waals surface area (Å²) in [4.78, 5) is 22.4. The van der Waals surface area contributed by atoms with Gasteiger partial charge in [0.15, 0.2) is 0 Å². The standard InChI is InChI=1S/C24H24F3N7O2.C2HF3O2/c1-16-28-22(23-29-21(31-36-23)18-6-8-20(9-7-18)35-24(25,26)27)30-34(16)15-17-4-3-5-19(14-17)33-12-10-32(2)11-13-33;3-2(4,5)1(6)7/h3-9,14H,10-13,15H2,1-2H3;(H,6,7). The summed E-state index contributed by atoms with van der Waals surface area (Å²) in [5.74, 6) is -1.80. The highest BCUT2D eigenvalue weighted by Gasteiger charge is 2.38. The number of ether oxygens (including phenoxy) is 1. The number of piperazine rings is 1. The third-order valence-corrected chi connectivity index (χ3v) is 6.17. The van der Waals surface area contributed by atoms with Crippen molar-refractivity contribution < 1.29 is 45.5 Å². The zero-order valence-corrected chi connectivity index (χ0v) is 22.7. The molecule has 230 valence electrons. The van der Waals surface area contributed by atoms with Crippen LogP contribution in [0, 0.1) is 6.92 Å². The summed E-state index contributed by atoms with van der Waals surface area (Å²) in [6.45, 7) is 6.43. The third kappa shape index (κ3) is 8.67. The second-order valence-corrected chi connectivity index (χ2v) is 9.40. The summed E-state index contributed by atoms with van der Waals surface area (Å²) in [5.41, 5.74) is 2.75. The Bertz CT molecular complexity index is 1530. The molecule has 0 atom stereocenters. The molecule has 0 spiro atoms. The summed E-state index contributed by atoms with van der Waals surface area (Å²) in [6.07, 6.45) is -9.84. The van der Waals surface area contributed by atoms with Crippen molar-refractivity contribution in [2.75, 3.05) is 38.1 Å². The fourth-order valence-corrected chi connectivity index (χ4v) is 3.99. The fourth-order valence-electron chi connectivity index (χ4n) is 3.99. The van der Waals surface area contributed by atoms with Crippen molar-refractivity contribution >= 4 is 11.7 Å². The smallest absolute Gasteiger partial charge is 0.475 e. The van der Waals surface area contributed by atoms with Crippen LogP contribution in [0.2, 0.25) is 0 Å². The number of alkyl halides is 6. The number of aliphatic carboxylic acids is 1. The first-order chi connectivity index (χ1) is 20.2. The maximum Gasteiger partial charge on any atom is 0.573 e. The minimum atomic E-state index is -5.08. The van der Waals surface area contributed by atoms with Crippen molar-refractivity contribution in [3.05, 3.63) is 59.9 Å². The molecule has 1 aliphatic heterocycles. The van der Waals surface area contributed by atoms with Crippen molar-refractivity contribution in [2.45, 2.75) is 26.0 Å². The van der Waals surface area contributed by atoms with E-state index < -0.39 is 18.5 Å². The van der Waals surface area contributed by atoms with Crippen LogP contribution in [0.15, 0.2) is 53.1 Å². The molecule has 0 radical (unpaired) electrons. The van der Waals surface area contributed by atoms with E-state index in [9.17, 15) is 26.3 Å². The van der Waals surface area contributed by atoms with E-state index in [1.807, 2.05) is 13.0 Å². The van der Waals surface area contributed by atoms with Crippen molar-refractivity contribution in [1.29, 1.82) is 0 Å². The van der Waals surface area contributed by atoms with Gasteiger partial charge >= 0.3 is 18.5 Å². The molecule has 0 amide bonds. The van der Waals surface area contributed by atoms with Gasteiger partial charge in [0.2, 0.25) is 11.6 Å². The Morgan fingerprint density at radius 1 is 0.977 bits per heavy atom. The Balaban J connectivity index is 0.000000541. The van der Waals surface area contributed by atoms with Crippen LogP contribution in [0.1, 0.15) is 11.4 Å². The summed E-state index contributed by atoms with van der Waals surface area (Å²) in [5, 5.41) is 15.6. The Hall–Kier alpha value is -4.67. The number of carboxylic acids is 1. The molecule has 17 heteroatoms. The lowest BCUT2D eigenvalue weighted by atomic mass is 10.1. The van der Waals surface area contributed by atoms with Crippen LogP contribution in [0.3, 0.4) is 0 Å². The lowest BCUT2D eigenvalue weighted by Crippen LogP contribution is -2.44. The number of rotatable bonds is 6. The molecule has 2 aromatic heterocycles. The quantitative estimate of drug-likeness (QED) is 0.308. The van der Waals surface area contributed by atoms with E-state index in [1.165, 1.54) is 30.0 Å². The number of aryl methyl sites for hydroxylation is 1. The predicted octanol–water partition coefficient (Wildman–Crippen LogP) is 4.64. The number of benzene rings is 2. The van der Waals surface area contributed by atoms with Gasteiger partial charge in [-0.3, -0.25) is 0 Å². The molecular formula is C26H25F6N7O4. The van der Waals surface area contributed by atoms with Crippen LogP contribution in [0.25, 0.3) is 23.1 Å². The topological polar surface area (TPSA) is 123 Å². The van der Waals surface area contributed by atoms with Gasteiger partial charge in [-0.05, 0) is 55.9 Å². The molecule has 5 rings (SSSR count). The fraction of sp³-hybridized carbons (Fsp3) is 0.346. The number of hydrogen-bond donors (Lipinski definition) is 1. The number of halogens is 6. The zero-order chi connectivity index (χ0) is 31.4. The van der Waals surface area contributed by atoms with Crippen molar-refractivity contribution in [1.82, 2.24) is 29.8 Å². The van der Waals surface area contributed by atoms with E-state index in [1.54, 1.807) is 4.68 Å². The van der Waals surface area contributed by atoms with E-state index in [-0.39, 0.29) is 23.3 Å². The normalized spacial score (nSPS) is 14.3. The van der Waals surface area contributed by atoms with Gasteiger partial charge in [0.1, 0.15) is 11.6 Å². The summed E-state index contributed by atoms with van der Waals surface area (Å²) < 4.78 is 79.8. The molecule has 3 heterocycles. The SMILES string of the molecule is Cc1nc(-c2nc(-c3ccc(OC(F)(F)F)cc3)no2)nn1Cc1cccc(N2CCN(C)CC2)c1.O=C(O)C(F)(F)F. The Kier molecular flexibility index (Phi) is 9.22. The monoisotopic (exact) mass is 613 g/mol. The average molecular weight is 614 g/mol. The predicted molar refractivity (Wildman–Crippen MR) is 139 cm³/mol. The number of hydrogen-bond acceptors (Lipinski definition) is 9. The molecule has 1 saturated heterocycles. The number of carbonyl (C=O) groups is 1. The van der Waals surface area contributed by atoms with Crippen LogP contribution in [0.4, 0.5) is 32.0 Å². The van der Waals surface area contributed by atoms with Crippen LogP contribution in [-0.4, -0.2) is 86.6 Å². The van der Waals surface area contributed by atoms with E-state index in [4.69, 9.17) is 14.4 Å². The van der Waals surface area contributed by atoms with E-state index in [2.05, 4.69) is 60.0 Å². The molecular weight excluding hydrogens is 588 g/mol. The number of aromatic nitrogens is 5. The average Bonchev–Trinajstić information content (AvgIpc) is 3.56. The highest BCUT2D eigenvalue weighted by atomic mass is 19.4. The third-order valence-electron chi connectivity index (χ3n) is 6.17. The van der Waals surface area contributed by atoms with E-state index in [0.717, 1.165) is 31.7 Å². The van der Waals surface area contributed by atoms with Gasteiger partial charge in [0.25, 0.3) is 5.89 Å². The first-order valence-corrected chi connectivity index (χ1v) is 12.6. The largest absolute Gasteiger partial charge is 0.573 e. The molecule has 1 aliphatic rings. The number of nitrogens with zero attached hydrogens (tertiary/aromatic N) is 7. The Morgan fingerprint density at radius 3 is 2.23 bits per heavy atom. The Morgan fingerprint density at radius 2 is 1.63 bits per heavy atom. The highest BCUT2D eigenvalue weighted by molar-refractivity contribution is 5.73. The van der Waals surface area contributed by atoms with Gasteiger partial charge in [0.05, 0.1) is 6.54 Å².